The van der Waals surface area contributed by atoms with Gasteiger partial charge in [0.25, 0.3) is 0 Å². The summed E-state index contributed by atoms with van der Waals surface area (Å²) in [7, 11) is 0. The minimum Gasteiger partial charge on any atom is -0.377 e. The summed E-state index contributed by atoms with van der Waals surface area (Å²) in [5.74, 6) is 0. The van der Waals surface area contributed by atoms with Crippen LogP contribution in [-0.4, -0.2) is 17.5 Å². The Balaban J connectivity index is 1.90. The Morgan fingerprint density at radius 1 is 1.00 bits per heavy atom. The average Bonchev–Trinajstić information content (AvgIpc) is 2.30. The number of alkyl halides is 1. The van der Waals surface area contributed by atoms with Crippen LogP contribution in [0.25, 0.3) is 0 Å². The zero-order valence-electron chi connectivity index (χ0n) is 10.7. The number of rotatable bonds is 8. The van der Waals surface area contributed by atoms with E-state index in [2.05, 4.69) is 22.9 Å². The fraction of sp³-hybridized carbons (Fsp3) is 1.00. The van der Waals surface area contributed by atoms with Gasteiger partial charge in [-0.3, -0.25) is 0 Å². The van der Waals surface area contributed by atoms with E-state index in [0.29, 0.717) is 10.9 Å². The van der Waals surface area contributed by atoms with Gasteiger partial charge in [-0.15, -0.1) is 0 Å². The van der Waals surface area contributed by atoms with E-state index < -0.39 is 0 Å². The predicted octanol–water partition coefficient (Wildman–Crippen LogP) is 5.07. The third kappa shape index (κ3) is 6.24. The fourth-order valence-electron chi connectivity index (χ4n) is 2.36. The average molecular weight is 291 g/mol. The molecule has 1 rings (SSSR count). The van der Waals surface area contributed by atoms with Crippen molar-refractivity contribution in [3.63, 3.8) is 0 Å². The van der Waals surface area contributed by atoms with Crippen molar-refractivity contribution in [2.24, 2.45) is 0 Å². The minimum atomic E-state index is 0.490. The molecule has 0 saturated heterocycles. The van der Waals surface area contributed by atoms with Crippen molar-refractivity contribution < 1.29 is 4.74 Å². The molecule has 0 spiro atoms. The van der Waals surface area contributed by atoms with Gasteiger partial charge >= 0.3 is 0 Å². The molecule has 2 heteroatoms. The lowest BCUT2D eigenvalue weighted by Gasteiger charge is -2.27. The molecule has 1 saturated carbocycles. The Morgan fingerprint density at radius 2 is 1.69 bits per heavy atom. The van der Waals surface area contributed by atoms with E-state index in [1.54, 1.807) is 0 Å². The molecule has 0 aliphatic heterocycles. The summed E-state index contributed by atoms with van der Waals surface area (Å²) < 4.78 is 5.95. The molecule has 0 bridgehead atoms. The Kier molecular flexibility index (Phi) is 8.58. The van der Waals surface area contributed by atoms with Gasteiger partial charge in [0, 0.05) is 11.4 Å². The van der Waals surface area contributed by atoms with E-state index in [1.807, 2.05) is 0 Å². The van der Waals surface area contributed by atoms with Crippen molar-refractivity contribution in [1.82, 2.24) is 0 Å². The zero-order chi connectivity index (χ0) is 11.6. The third-order valence-corrected chi connectivity index (χ3v) is 4.50. The maximum absolute atomic E-state index is 5.95. The molecule has 0 aromatic heterocycles. The van der Waals surface area contributed by atoms with Gasteiger partial charge in [0.2, 0.25) is 0 Å². The van der Waals surface area contributed by atoms with Gasteiger partial charge in [-0.25, -0.2) is 0 Å². The summed E-state index contributed by atoms with van der Waals surface area (Å²) in [6.07, 6.45) is 13.9. The molecule has 2 atom stereocenters. The second-order valence-electron chi connectivity index (χ2n) is 4.98. The van der Waals surface area contributed by atoms with Crippen molar-refractivity contribution >= 4 is 15.9 Å². The first-order valence-corrected chi connectivity index (χ1v) is 8.02. The highest BCUT2D eigenvalue weighted by atomic mass is 79.9. The zero-order valence-corrected chi connectivity index (χ0v) is 12.3. The van der Waals surface area contributed by atoms with Crippen LogP contribution in [0.3, 0.4) is 0 Å². The van der Waals surface area contributed by atoms with E-state index >= 15 is 0 Å². The van der Waals surface area contributed by atoms with E-state index in [0.717, 1.165) is 6.61 Å². The second kappa shape index (κ2) is 9.47. The molecule has 2 unspecified atom stereocenters. The lowest BCUT2D eigenvalue weighted by atomic mass is 9.97. The molecular formula is C14H27BrO. The van der Waals surface area contributed by atoms with Crippen molar-refractivity contribution in [3.8, 4) is 0 Å². The first-order chi connectivity index (χ1) is 7.84. The topological polar surface area (TPSA) is 9.23 Å². The molecule has 16 heavy (non-hydrogen) atoms. The van der Waals surface area contributed by atoms with Crippen molar-refractivity contribution in [2.45, 2.75) is 82.1 Å². The van der Waals surface area contributed by atoms with E-state index in [-0.39, 0.29) is 0 Å². The van der Waals surface area contributed by atoms with Gasteiger partial charge in [0.1, 0.15) is 0 Å². The molecule has 1 aliphatic carbocycles. The number of hydrogen-bond donors (Lipinski definition) is 0. The summed E-state index contributed by atoms with van der Waals surface area (Å²) in [4.78, 5) is 0.612. The van der Waals surface area contributed by atoms with Gasteiger partial charge in [-0.05, 0) is 19.3 Å². The summed E-state index contributed by atoms with van der Waals surface area (Å²) in [5, 5.41) is 0. The Morgan fingerprint density at radius 3 is 2.44 bits per heavy atom. The smallest absolute Gasteiger partial charge is 0.0700 e. The van der Waals surface area contributed by atoms with Crippen LogP contribution in [-0.2, 0) is 4.74 Å². The molecule has 0 N–H and O–H groups in total. The number of halogens is 1. The molecule has 0 amide bonds. The van der Waals surface area contributed by atoms with E-state index in [4.69, 9.17) is 4.74 Å². The number of ether oxygens (including phenoxy) is 1. The standard InChI is InChI=1S/C14H27BrO/c1-2-3-4-5-6-9-12-16-14-11-8-7-10-13(14)15/h13-14H,2-12H2,1H3. The van der Waals surface area contributed by atoms with Crippen LogP contribution in [0, 0.1) is 0 Å². The normalized spacial score (nSPS) is 25.9. The molecule has 1 aliphatic rings. The van der Waals surface area contributed by atoms with Gasteiger partial charge < -0.3 is 4.74 Å². The Labute approximate surface area is 109 Å². The molecule has 1 nitrogen and oxygen atoms in total. The molecule has 0 radical (unpaired) electrons. The van der Waals surface area contributed by atoms with Gasteiger partial charge in [-0.1, -0.05) is 67.8 Å². The molecule has 1 fully saturated rings. The molecule has 0 heterocycles. The van der Waals surface area contributed by atoms with Gasteiger partial charge in [-0.2, -0.15) is 0 Å². The summed E-state index contributed by atoms with van der Waals surface area (Å²) in [5.41, 5.74) is 0. The second-order valence-corrected chi connectivity index (χ2v) is 6.15. The van der Waals surface area contributed by atoms with E-state index in [9.17, 15) is 0 Å². The van der Waals surface area contributed by atoms with Crippen molar-refractivity contribution in [2.75, 3.05) is 6.61 Å². The molecule has 0 aromatic rings. The van der Waals surface area contributed by atoms with Crippen LogP contribution in [0.15, 0.2) is 0 Å². The van der Waals surface area contributed by atoms with E-state index in [1.165, 1.54) is 64.2 Å². The highest BCUT2D eigenvalue weighted by Crippen LogP contribution is 2.27. The quantitative estimate of drug-likeness (QED) is 0.448. The van der Waals surface area contributed by atoms with Gasteiger partial charge in [0.15, 0.2) is 0 Å². The minimum absolute atomic E-state index is 0.490. The van der Waals surface area contributed by atoms with Crippen LogP contribution < -0.4 is 0 Å². The summed E-state index contributed by atoms with van der Waals surface area (Å²) in [6.45, 7) is 3.24. The number of hydrogen-bond acceptors (Lipinski definition) is 1. The predicted molar refractivity (Wildman–Crippen MR) is 74.3 cm³/mol. The van der Waals surface area contributed by atoms with Crippen LogP contribution in [0.2, 0.25) is 0 Å². The van der Waals surface area contributed by atoms with Crippen LogP contribution in [0.4, 0.5) is 0 Å². The third-order valence-electron chi connectivity index (χ3n) is 3.45. The number of unbranched alkanes of at least 4 members (excludes halogenated alkanes) is 5. The fourth-order valence-corrected chi connectivity index (χ4v) is 3.10. The lowest BCUT2D eigenvalue weighted by molar-refractivity contribution is 0.0321. The highest BCUT2D eigenvalue weighted by molar-refractivity contribution is 9.09. The maximum atomic E-state index is 5.95. The SMILES string of the molecule is CCCCCCCCOC1CCCCC1Br. The Hall–Kier alpha value is 0.440. The molecular weight excluding hydrogens is 264 g/mol. The van der Waals surface area contributed by atoms with Crippen LogP contribution in [0.1, 0.15) is 71.1 Å². The molecule has 0 aromatic carbocycles. The van der Waals surface area contributed by atoms with Crippen molar-refractivity contribution in [1.29, 1.82) is 0 Å². The lowest BCUT2D eigenvalue weighted by Crippen LogP contribution is -2.28. The van der Waals surface area contributed by atoms with Crippen LogP contribution in [0.5, 0.6) is 0 Å². The van der Waals surface area contributed by atoms with Gasteiger partial charge in [0.05, 0.1) is 6.10 Å². The maximum Gasteiger partial charge on any atom is 0.0700 e. The van der Waals surface area contributed by atoms with Crippen LogP contribution >= 0.6 is 15.9 Å². The monoisotopic (exact) mass is 290 g/mol. The first kappa shape index (κ1) is 14.5. The highest BCUT2D eigenvalue weighted by Gasteiger charge is 2.22. The summed E-state index contributed by atoms with van der Waals surface area (Å²) in [6, 6.07) is 0. The molecule has 96 valence electrons. The summed E-state index contributed by atoms with van der Waals surface area (Å²) >= 11 is 3.73. The first-order valence-electron chi connectivity index (χ1n) is 7.10. The largest absolute Gasteiger partial charge is 0.377 e. The Bertz CT molecular complexity index is 161. The van der Waals surface area contributed by atoms with Crippen molar-refractivity contribution in [3.05, 3.63) is 0 Å².